The number of carbonyl (C=O) groups is 2. The van der Waals surface area contributed by atoms with Crippen molar-refractivity contribution in [1.82, 2.24) is 5.43 Å². The molecule has 0 unspecified atom stereocenters. The third-order valence-electron chi connectivity index (χ3n) is 2.61. The Labute approximate surface area is 147 Å². The van der Waals surface area contributed by atoms with Crippen LogP contribution in [-0.2, 0) is 9.59 Å². The number of nitrogens with one attached hydrogen (secondary N) is 2. The van der Waals surface area contributed by atoms with Crippen LogP contribution < -0.4 is 10.7 Å². The Morgan fingerprint density at radius 3 is 2.43 bits per heavy atom. The van der Waals surface area contributed by atoms with E-state index in [-0.39, 0.29) is 10.7 Å². The van der Waals surface area contributed by atoms with E-state index in [1.807, 2.05) is 0 Å². The van der Waals surface area contributed by atoms with Crippen molar-refractivity contribution in [3.8, 4) is 0 Å². The summed E-state index contributed by atoms with van der Waals surface area (Å²) in [5.41, 5.74) is 3.02. The van der Waals surface area contributed by atoms with E-state index in [1.54, 1.807) is 30.3 Å². The first-order chi connectivity index (χ1) is 11.0. The lowest BCUT2D eigenvalue weighted by molar-refractivity contribution is -0.136. The zero-order chi connectivity index (χ0) is 16.8. The number of anilines is 1. The maximum Gasteiger partial charge on any atom is 0.329 e. The van der Waals surface area contributed by atoms with E-state index >= 15 is 0 Å². The average molecular weight is 371 g/mol. The SMILES string of the molecule is O=C(N/N=C\c1cccc(Cl)c1)C(=O)Nc1cc(Cl)ccc1Cl. The predicted octanol–water partition coefficient (Wildman–Crippen LogP) is 3.74. The van der Waals surface area contributed by atoms with Crippen LogP contribution in [-0.4, -0.2) is 18.0 Å². The molecule has 0 saturated heterocycles. The first-order valence-electron chi connectivity index (χ1n) is 6.31. The Hall–Kier alpha value is -2.08. The fraction of sp³-hybridized carbons (Fsp3) is 0. The van der Waals surface area contributed by atoms with Gasteiger partial charge in [0, 0.05) is 10.0 Å². The van der Waals surface area contributed by atoms with Gasteiger partial charge in [-0.05, 0) is 35.9 Å². The Morgan fingerprint density at radius 2 is 1.70 bits per heavy atom. The molecule has 2 amide bonds. The molecule has 2 rings (SSSR count). The van der Waals surface area contributed by atoms with Crippen molar-refractivity contribution in [3.05, 3.63) is 63.1 Å². The molecule has 2 N–H and O–H groups in total. The van der Waals surface area contributed by atoms with Crippen LogP contribution in [0.3, 0.4) is 0 Å². The number of rotatable bonds is 3. The van der Waals surface area contributed by atoms with Crippen molar-refractivity contribution in [3.63, 3.8) is 0 Å². The molecule has 0 heterocycles. The van der Waals surface area contributed by atoms with E-state index in [1.165, 1.54) is 18.3 Å². The van der Waals surface area contributed by atoms with Crippen LogP contribution in [0.25, 0.3) is 0 Å². The summed E-state index contributed by atoms with van der Waals surface area (Å²) in [4.78, 5) is 23.4. The lowest BCUT2D eigenvalue weighted by Gasteiger charge is -2.06. The Bertz CT molecular complexity index is 778. The second kappa shape index (κ2) is 7.97. The summed E-state index contributed by atoms with van der Waals surface area (Å²) in [6, 6.07) is 11.4. The average Bonchev–Trinajstić information content (AvgIpc) is 2.51. The number of halogens is 3. The molecular weight excluding hydrogens is 361 g/mol. The first-order valence-corrected chi connectivity index (χ1v) is 7.44. The standard InChI is InChI=1S/C15H10Cl3N3O2/c16-10-3-1-2-9(6-10)8-19-21-15(23)14(22)20-13-7-11(17)4-5-12(13)18/h1-8H,(H,20,22)(H,21,23)/b19-8-. The molecule has 0 bridgehead atoms. The molecule has 5 nitrogen and oxygen atoms in total. The van der Waals surface area contributed by atoms with Gasteiger partial charge in [0.2, 0.25) is 0 Å². The second-order valence-electron chi connectivity index (χ2n) is 4.33. The van der Waals surface area contributed by atoms with Gasteiger partial charge in [0.25, 0.3) is 0 Å². The molecule has 0 spiro atoms. The molecule has 0 aliphatic rings. The number of nitrogens with zero attached hydrogens (tertiary/aromatic N) is 1. The van der Waals surface area contributed by atoms with Crippen molar-refractivity contribution in [2.45, 2.75) is 0 Å². The number of hydrogen-bond acceptors (Lipinski definition) is 3. The second-order valence-corrected chi connectivity index (χ2v) is 5.61. The highest BCUT2D eigenvalue weighted by Gasteiger charge is 2.14. The van der Waals surface area contributed by atoms with Gasteiger partial charge in [0.05, 0.1) is 16.9 Å². The molecule has 0 atom stereocenters. The van der Waals surface area contributed by atoms with Crippen LogP contribution >= 0.6 is 34.8 Å². The number of carbonyl (C=O) groups excluding carboxylic acids is 2. The van der Waals surface area contributed by atoms with E-state index in [0.717, 1.165) is 0 Å². The largest absolute Gasteiger partial charge is 0.329 e. The minimum Gasteiger partial charge on any atom is -0.316 e. The maximum atomic E-state index is 11.8. The first kappa shape index (κ1) is 17.3. The molecule has 2 aromatic rings. The summed E-state index contributed by atoms with van der Waals surface area (Å²) < 4.78 is 0. The minimum absolute atomic E-state index is 0.234. The van der Waals surface area contributed by atoms with E-state index in [0.29, 0.717) is 15.6 Å². The summed E-state index contributed by atoms with van der Waals surface area (Å²) in [5, 5.41) is 7.21. The number of hydrogen-bond donors (Lipinski definition) is 2. The monoisotopic (exact) mass is 369 g/mol. The van der Waals surface area contributed by atoms with Crippen LogP contribution in [0.2, 0.25) is 15.1 Å². The third-order valence-corrected chi connectivity index (χ3v) is 3.41. The van der Waals surface area contributed by atoms with Crippen molar-refractivity contribution in [1.29, 1.82) is 0 Å². The molecule has 118 valence electrons. The topological polar surface area (TPSA) is 70.6 Å². The van der Waals surface area contributed by atoms with Gasteiger partial charge < -0.3 is 5.32 Å². The van der Waals surface area contributed by atoms with Gasteiger partial charge in [-0.15, -0.1) is 0 Å². The molecule has 0 aliphatic carbocycles. The number of benzene rings is 2. The van der Waals surface area contributed by atoms with Crippen molar-refractivity contribution < 1.29 is 9.59 Å². The Morgan fingerprint density at radius 1 is 0.957 bits per heavy atom. The van der Waals surface area contributed by atoms with Gasteiger partial charge in [-0.3, -0.25) is 9.59 Å². The quantitative estimate of drug-likeness (QED) is 0.491. The molecule has 0 aliphatic heterocycles. The maximum absolute atomic E-state index is 11.8. The predicted molar refractivity (Wildman–Crippen MR) is 92.3 cm³/mol. The summed E-state index contributed by atoms with van der Waals surface area (Å²) in [6.07, 6.45) is 1.36. The van der Waals surface area contributed by atoms with Gasteiger partial charge in [-0.1, -0.05) is 46.9 Å². The fourth-order valence-corrected chi connectivity index (χ4v) is 2.11. The Balaban J connectivity index is 1.95. The summed E-state index contributed by atoms with van der Waals surface area (Å²) in [7, 11) is 0. The molecule has 0 saturated carbocycles. The van der Waals surface area contributed by atoms with E-state index < -0.39 is 11.8 Å². The van der Waals surface area contributed by atoms with Crippen LogP contribution in [0.1, 0.15) is 5.56 Å². The number of hydrazone groups is 1. The normalized spacial score (nSPS) is 10.6. The van der Waals surface area contributed by atoms with Crippen LogP contribution in [0, 0.1) is 0 Å². The van der Waals surface area contributed by atoms with Gasteiger partial charge in [0.1, 0.15) is 0 Å². The van der Waals surface area contributed by atoms with E-state index in [2.05, 4.69) is 15.8 Å². The smallest absolute Gasteiger partial charge is 0.316 e. The van der Waals surface area contributed by atoms with Crippen molar-refractivity contribution in [2.75, 3.05) is 5.32 Å². The van der Waals surface area contributed by atoms with Crippen LogP contribution in [0.15, 0.2) is 47.6 Å². The molecule has 0 radical (unpaired) electrons. The van der Waals surface area contributed by atoms with Gasteiger partial charge in [0.15, 0.2) is 0 Å². The van der Waals surface area contributed by atoms with Crippen molar-refractivity contribution >= 4 is 58.5 Å². The fourth-order valence-electron chi connectivity index (χ4n) is 1.58. The molecule has 0 aromatic heterocycles. The van der Waals surface area contributed by atoms with Crippen LogP contribution in [0.5, 0.6) is 0 Å². The molecule has 23 heavy (non-hydrogen) atoms. The molecular formula is C15H10Cl3N3O2. The summed E-state index contributed by atoms with van der Waals surface area (Å²) >= 11 is 17.5. The zero-order valence-electron chi connectivity index (χ0n) is 11.5. The highest BCUT2D eigenvalue weighted by Crippen LogP contribution is 2.25. The zero-order valence-corrected chi connectivity index (χ0v) is 13.8. The third kappa shape index (κ3) is 5.25. The minimum atomic E-state index is -0.945. The van der Waals surface area contributed by atoms with Gasteiger partial charge in [-0.2, -0.15) is 5.10 Å². The molecule has 2 aromatic carbocycles. The summed E-state index contributed by atoms with van der Waals surface area (Å²) in [6.45, 7) is 0. The highest BCUT2D eigenvalue weighted by atomic mass is 35.5. The molecule has 0 fully saturated rings. The lowest BCUT2D eigenvalue weighted by atomic mass is 10.2. The van der Waals surface area contributed by atoms with Gasteiger partial charge >= 0.3 is 11.8 Å². The van der Waals surface area contributed by atoms with Crippen molar-refractivity contribution in [2.24, 2.45) is 5.10 Å². The molecule has 8 heteroatoms. The lowest BCUT2D eigenvalue weighted by Crippen LogP contribution is -2.32. The van der Waals surface area contributed by atoms with Crippen LogP contribution in [0.4, 0.5) is 5.69 Å². The van der Waals surface area contributed by atoms with Gasteiger partial charge in [-0.25, -0.2) is 5.43 Å². The number of amides is 2. The summed E-state index contributed by atoms with van der Waals surface area (Å²) in [5.74, 6) is -1.86. The van der Waals surface area contributed by atoms with E-state index in [9.17, 15) is 9.59 Å². The highest BCUT2D eigenvalue weighted by molar-refractivity contribution is 6.42. The Kier molecular flexibility index (Phi) is 5.98. The van der Waals surface area contributed by atoms with E-state index in [4.69, 9.17) is 34.8 Å².